The van der Waals surface area contributed by atoms with Crippen molar-refractivity contribution in [3.63, 3.8) is 0 Å². The van der Waals surface area contributed by atoms with E-state index in [9.17, 15) is 4.79 Å². The molecule has 0 radical (unpaired) electrons. The summed E-state index contributed by atoms with van der Waals surface area (Å²) in [7, 11) is 0. The zero-order valence-corrected chi connectivity index (χ0v) is 16.3. The fourth-order valence-electron chi connectivity index (χ4n) is 4.79. The Labute approximate surface area is 151 Å². The minimum absolute atomic E-state index is 0.0464. The third-order valence-electron chi connectivity index (χ3n) is 6.44. The highest BCUT2D eigenvalue weighted by Gasteiger charge is 2.57. The number of aldehydes is 1. The highest BCUT2D eigenvalue weighted by molar-refractivity contribution is 5.79. The normalized spacial score (nSPS) is 24.6. The number of benzene rings is 1. The average molecular weight is 337 g/mol. The van der Waals surface area contributed by atoms with Crippen LogP contribution in [-0.2, 0) is 11.0 Å². The monoisotopic (exact) mass is 337 g/mol. The maximum absolute atomic E-state index is 11.4. The molecule has 0 spiro atoms. The van der Waals surface area contributed by atoms with Crippen molar-refractivity contribution in [1.82, 2.24) is 4.98 Å². The van der Waals surface area contributed by atoms with Crippen molar-refractivity contribution in [2.45, 2.75) is 71.8 Å². The quantitative estimate of drug-likeness (QED) is 0.600. The van der Waals surface area contributed by atoms with Crippen molar-refractivity contribution >= 4 is 6.29 Å². The molecule has 1 aliphatic heterocycles. The summed E-state index contributed by atoms with van der Waals surface area (Å²) in [5.41, 5.74) is 6.45. The summed E-state index contributed by atoms with van der Waals surface area (Å²) in [5.74, 6) is 0. The molecule has 0 amide bonds. The van der Waals surface area contributed by atoms with Crippen molar-refractivity contribution in [2.75, 3.05) is 0 Å². The molecule has 1 aromatic heterocycles. The molecular weight excluding hydrogens is 308 g/mol. The largest absolute Gasteiger partial charge is 0.298 e. The van der Waals surface area contributed by atoms with Crippen LogP contribution in [0.15, 0.2) is 24.4 Å². The summed E-state index contributed by atoms with van der Waals surface area (Å²) in [5, 5.41) is 0. The van der Waals surface area contributed by atoms with E-state index in [1.807, 2.05) is 6.07 Å². The van der Waals surface area contributed by atoms with Crippen molar-refractivity contribution < 1.29 is 9.36 Å². The Balaban J connectivity index is 2.47. The van der Waals surface area contributed by atoms with E-state index < -0.39 is 0 Å². The number of carbonyl (C=O) groups is 1. The molecule has 0 N–H and O–H groups in total. The first-order valence-corrected chi connectivity index (χ1v) is 9.33. The summed E-state index contributed by atoms with van der Waals surface area (Å²) in [4.78, 5) is 16.2. The maximum Gasteiger partial charge on any atom is 0.234 e. The Morgan fingerprint density at radius 1 is 1.20 bits per heavy atom. The van der Waals surface area contributed by atoms with Gasteiger partial charge in [0.25, 0.3) is 0 Å². The van der Waals surface area contributed by atoms with Gasteiger partial charge in [-0.15, -0.1) is 0 Å². The van der Waals surface area contributed by atoms with Gasteiger partial charge in [-0.25, -0.2) is 4.98 Å². The number of hydrogen-bond donors (Lipinski definition) is 0. The van der Waals surface area contributed by atoms with Gasteiger partial charge in [0.15, 0.2) is 11.7 Å². The lowest BCUT2D eigenvalue weighted by Gasteiger charge is -2.46. The Bertz CT molecular complexity index is 842. The number of rotatable bonds is 4. The Kier molecular flexibility index (Phi) is 4.30. The molecule has 2 aromatic rings. The van der Waals surface area contributed by atoms with E-state index in [0.717, 1.165) is 42.5 Å². The molecule has 0 fully saturated rings. The summed E-state index contributed by atoms with van der Waals surface area (Å²) in [6.45, 7) is 13.4. The average Bonchev–Trinajstić information content (AvgIpc) is 2.59. The third-order valence-corrected chi connectivity index (χ3v) is 6.44. The highest BCUT2D eigenvalue weighted by Crippen LogP contribution is 2.50. The Hall–Kier alpha value is -2.03. The molecule has 0 aliphatic carbocycles. The van der Waals surface area contributed by atoms with E-state index in [1.54, 1.807) is 0 Å². The van der Waals surface area contributed by atoms with E-state index in [4.69, 9.17) is 4.98 Å². The molecule has 1 aromatic carbocycles. The lowest BCUT2D eigenvalue weighted by atomic mass is 9.60. The Morgan fingerprint density at radius 2 is 1.92 bits per heavy atom. The van der Waals surface area contributed by atoms with Crippen LogP contribution >= 0.6 is 0 Å². The standard InChI is InChI=1S/C22H29N2O/c1-7-11-22(6)21(5,8-2)19-12-17(14-25)9-10-18(19)20-16(4)23-15(3)13-24(20)22/h9-10,12-14H,7-8,11H2,1-6H3/q+1. The van der Waals surface area contributed by atoms with Crippen LogP contribution in [0.4, 0.5) is 0 Å². The fourth-order valence-corrected chi connectivity index (χ4v) is 4.79. The molecule has 2 atom stereocenters. The molecule has 2 unspecified atom stereocenters. The van der Waals surface area contributed by atoms with Crippen LogP contribution in [0.5, 0.6) is 0 Å². The van der Waals surface area contributed by atoms with Crippen LogP contribution in [0.25, 0.3) is 11.3 Å². The first-order valence-electron chi connectivity index (χ1n) is 9.33. The van der Waals surface area contributed by atoms with Gasteiger partial charge in [0, 0.05) is 18.9 Å². The Morgan fingerprint density at radius 3 is 2.52 bits per heavy atom. The highest BCUT2D eigenvalue weighted by atomic mass is 16.1. The molecule has 3 heteroatoms. The minimum Gasteiger partial charge on any atom is -0.298 e. The van der Waals surface area contributed by atoms with Gasteiger partial charge in [-0.2, -0.15) is 4.57 Å². The first-order chi connectivity index (χ1) is 11.8. The van der Waals surface area contributed by atoms with Gasteiger partial charge in [-0.05, 0) is 51.3 Å². The van der Waals surface area contributed by atoms with Crippen molar-refractivity contribution in [3.8, 4) is 11.3 Å². The number of fused-ring (bicyclic) bond motifs is 3. The third kappa shape index (κ3) is 2.36. The van der Waals surface area contributed by atoms with Crippen LogP contribution in [-0.4, -0.2) is 11.3 Å². The van der Waals surface area contributed by atoms with Crippen LogP contribution < -0.4 is 4.57 Å². The summed E-state index contributed by atoms with van der Waals surface area (Å²) < 4.78 is 2.47. The zero-order valence-electron chi connectivity index (χ0n) is 16.3. The zero-order chi connectivity index (χ0) is 18.4. The second-order valence-corrected chi connectivity index (χ2v) is 7.82. The molecule has 0 saturated carbocycles. The molecule has 132 valence electrons. The number of carbonyl (C=O) groups excluding carboxylic acids is 1. The second kappa shape index (κ2) is 6.05. The van der Waals surface area contributed by atoms with Gasteiger partial charge in [0.2, 0.25) is 5.69 Å². The molecule has 1 aliphatic rings. The van der Waals surface area contributed by atoms with Crippen LogP contribution in [0, 0.1) is 13.8 Å². The summed E-state index contributed by atoms with van der Waals surface area (Å²) in [6, 6.07) is 6.13. The predicted molar refractivity (Wildman–Crippen MR) is 101 cm³/mol. The predicted octanol–water partition coefficient (Wildman–Crippen LogP) is 4.66. The molecular formula is C22H29N2O+. The maximum atomic E-state index is 11.4. The molecule has 2 heterocycles. The van der Waals surface area contributed by atoms with E-state index in [2.05, 4.69) is 64.4 Å². The van der Waals surface area contributed by atoms with E-state index in [0.29, 0.717) is 0 Å². The van der Waals surface area contributed by atoms with Crippen LogP contribution in [0.2, 0.25) is 0 Å². The van der Waals surface area contributed by atoms with Gasteiger partial charge in [-0.1, -0.05) is 19.9 Å². The number of hydrogen-bond acceptors (Lipinski definition) is 2. The van der Waals surface area contributed by atoms with Crippen molar-refractivity contribution in [2.24, 2.45) is 0 Å². The molecule has 3 nitrogen and oxygen atoms in total. The molecule has 3 rings (SSSR count). The minimum atomic E-state index is -0.0567. The summed E-state index contributed by atoms with van der Waals surface area (Å²) in [6.07, 6.45) is 6.38. The van der Waals surface area contributed by atoms with Crippen molar-refractivity contribution in [3.05, 3.63) is 46.9 Å². The molecule has 25 heavy (non-hydrogen) atoms. The van der Waals surface area contributed by atoms with Gasteiger partial charge < -0.3 is 0 Å². The molecule has 0 saturated heterocycles. The van der Waals surface area contributed by atoms with Gasteiger partial charge in [0.05, 0.1) is 11.0 Å². The summed E-state index contributed by atoms with van der Waals surface area (Å²) >= 11 is 0. The lowest BCUT2D eigenvalue weighted by Crippen LogP contribution is -2.68. The lowest BCUT2D eigenvalue weighted by molar-refractivity contribution is -0.766. The van der Waals surface area contributed by atoms with Crippen LogP contribution in [0.3, 0.4) is 0 Å². The van der Waals surface area contributed by atoms with Gasteiger partial charge in [-0.3, -0.25) is 4.79 Å². The topological polar surface area (TPSA) is 33.8 Å². The van der Waals surface area contributed by atoms with Gasteiger partial charge in [0.1, 0.15) is 17.7 Å². The van der Waals surface area contributed by atoms with E-state index in [-0.39, 0.29) is 11.0 Å². The van der Waals surface area contributed by atoms with E-state index >= 15 is 0 Å². The number of aryl methyl sites for hydroxylation is 2. The second-order valence-electron chi connectivity index (χ2n) is 7.82. The van der Waals surface area contributed by atoms with Gasteiger partial charge >= 0.3 is 0 Å². The number of aromatic nitrogens is 2. The smallest absolute Gasteiger partial charge is 0.234 e. The fraction of sp³-hybridized carbons (Fsp3) is 0.500. The molecule has 0 bridgehead atoms. The number of nitrogens with zero attached hydrogens (tertiary/aromatic N) is 2. The van der Waals surface area contributed by atoms with Crippen molar-refractivity contribution in [1.29, 1.82) is 0 Å². The SMILES string of the molecule is CCCC1(C)[n+]2cc(C)nc(C)c2-c2ccc(C=O)cc2C1(C)CC. The van der Waals surface area contributed by atoms with Crippen LogP contribution in [0.1, 0.15) is 74.3 Å². The first kappa shape index (κ1) is 17.8. The van der Waals surface area contributed by atoms with E-state index in [1.165, 1.54) is 16.8 Å².